The topological polar surface area (TPSA) is 82.8 Å². The number of guanidine groups is 1. The molecule has 1 unspecified atom stereocenters. The molecule has 0 aromatic heterocycles. The molecule has 2 fully saturated rings. The average molecular weight is 267 g/mol. The molecule has 2 aliphatic rings. The van der Waals surface area contributed by atoms with Crippen LogP contribution in [0.25, 0.3) is 0 Å². The normalized spacial score (nSPS) is 26.4. The van der Waals surface area contributed by atoms with Gasteiger partial charge in [-0.2, -0.15) is 0 Å². The predicted octanol–water partition coefficient (Wildman–Crippen LogP) is 0.349. The van der Waals surface area contributed by atoms with Gasteiger partial charge in [0.05, 0.1) is 6.04 Å². The van der Waals surface area contributed by atoms with Gasteiger partial charge in [-0.1, -0.05) is 19.3 Å². The molecule has 6 nitrogen and oxygen atoms in total. The van der Waals surface area contributed by atoms with Gasteiger partial charge in [0.25, 0.3) is 0 Å². The van der Waals surface area contributed by atoms with Crippen molar-refractivity contribution in [2.75, 3.05) is 13.6 Å². The molecule has 4 N–H and O–H groups in total. The third-order valence-electron chi connectivity index (χ3n) is 3.99. The van der Waals surface area contributed by atoms with Crippen LogP contribution < -0.4 is 16.6 Å². The van der Waals surface area contributed by atoms with Crippen LogP contribution in [0.1, 0.15) is 44.9 Å². The maximum absolute atomic E-state index is 11.4. The third kappa shape index (κ3) is 4.09. The molecule has 1 amide bonds. The Labute approximate surface area is 114 Å². The van der Waals surface area contributed by atoms with Gasteiger partial charge in [0.1, 0.15) is 0 Å². The van der Waals surface area contributed by atoms with E-state index in [0.717, 1.165) is 19.3 Å². The Bertz CT molecular complexity index is 338. The Morgan fingerprint density at radius 2 is 2.05 bits per heavy atom. The van der Waals surface area contributed by atoms with Gasteiger partial charge >= 0.3 is 0 Å². The van der Waals surface area contributed by atoms with Gasteiger partial charge in [-0.05, 0) is 19.3 Å². The number of hydrazine groups is 1. The maximum atomic E-state index is 11.4. The van der Waals surface area contributed by atoms with Crippen LogP contribution in [0.15, 0.2) is 4.99 Å². The molecule has 0 radical (unpaired) electrons. The van der Waals surface area contributed by atoms with E-state index < -0.39 is 0 Å². The van der Waals surface area contributed by atoms with Crippen LogP contribution in [0, 0.1) is 0 Å². The number of nitrogens with zero attached hydrogens (tertiary/aromatic N) is 2. The van der Waals surface area contributed by atoms with Crippen molar-refractivity contribution in [3.05, 3.63) is 0 Å². The minimum Gasteiger partial charge on any atom is -0.351 e. The number of rotatable bonds is 2. The van der Waals surface area contributed by atoms with E-state index in [2.05, 4.69) is 15.7 Å². The summed E-state index contributed by atoms with van der Waals surface area (Å²) in [6.45, 7) is 0.713. The summed E-state index contributed by atoms with van der Waals surface area (Å²) in [4.78, 5) is 17.9. The Hall–Kier alpha value is -1.30. The zero-order valence-electron chi connectivity index (χ0n) is 11.7. The fourth-order valence-electron chi connectivity index (χ4n) is 2.83. The highest BCUT2D eigenvalue weighted by atomic mass is 16.2. The molecule has 6 heteroatoms. The van der Waals surface area contributed by atoms with Crippen LogP contribution >= 0.6 is 0 Å². The number of carbonyl (C=O) groups excluding carboxylic acids is 1. The minimum absolute atomic E-state index is 0.213. The lowest BCUT2D eigenvalue weighted by atomic mass is 9.96. The van der Waals surface area contributed by atoms with Gasteiger partial charge in [-0.25, -0.2) is 10.8 Å². The van der Waals surface area contributed by atoms with Gasteiger partial charge in [-0.15, -0.1) is 0 Å². The number of nitrogens with two attached hydrogens (primary N) is 1. The fourth-order valence-corrected chi connectivity index (χ4v) is 2.83. The summed E-state index contributed by atoms with van der Waals surface area (Å²) in [5.74, 6) is 6.42. The monoisotopic (exact) mass is 267 g/mol. The first-order valence-electron chi connectivity index (χ1n) is 7.24. The van der Waals surface area contributed by atoms with Crippen LogP contribution in [0.2, 0.25) is 0 Å². The number of likely N-dealkylation sites (tertiary alicyclic amines) is 1. The van der Waals surface area contributed by atoms with Crippen molar-refractivity contribution in [2.24, 2.45) is 10.8 Å². The summed E-state index contributed by atoms with van der Waals surface area (Å²) in [5, 5.41) is 3.32. The van der Waals surface area contributed by atoms with Crippen LogP contribution in [0.3, 0.4) is 0 Å². The molecule has 0 aromatic carbocycles. The number of amides is 1. The van der Waals surface area contributed by atoms with E-state index in [9.17, 15) is 4.79 Å². The van der Waals surface area contributed by atoms with E-state index in [1.807, 2.05) is 7.05 Å². The molecule has 108 valence electrons. The molecule has 0 bridgehead atoms. The number of carbonyl (C=O) groups is 1. The lowest BCUT2D eigenvalue weighted by Crippen LogP contribution is -2.53. The molecule has 1 aliphatic heterocycles. The molecule has 2 rings (SSSR count). The highest BCUT2D eigenvalue weighted by molar-refractivity contribution is 5.81. The lowest BCUT2D eigenvalue weighted by Gasteiger charge is -2.31. The average Bonchev–Trinajstić information content (AvgIpc) is 2.43. The largest absolute Gasteiger partial charge is 0.351 e. The minimum atomic E-state index is 0.213. The SMILES string of the molecule is CN1CC(NC(=NC2CCCCC2)NN)CCC1=O. The highest BCUT2D eigenvalue weighted by Gasteiger charge is 2.23. The first kappa shape index (κ1) is 14.1. The van der Waals surface area contributed by atoms with E-state index in [-0.39, 0.29) is 11.9 Å². The second kappa shape index (κ2) is 6.75. The van der Waals surface area contributed by atoms with E-state index in [1.54, 1.807) is 4.90 Å². The van der Waals surface area contributed by atoms with E-state index >= 15 is 0 Å². The molecule has 1 heterocycles. The van der Waals surface area contributed by atoms with Crippen LogP contribution in [-0.2, 0) is 4.79 Å². The molecule has 0 aromatic rings. The number of hydrogen-bond acceptors (Lipinski definition) is 3. The van der Waals surface area contributed by atoms with Gasteiger partial charge < -0.3 is 10.2 Å². The summed E-state index contributed by atoms with van der Waals surface area (Å²) in [6, 6.07) is 0.622. The van der Waals surface area contributed by atoms with Crippen molar-refractivity contribution in [2.45, 2.75) is 57.0 Å². The molecule has 1 saturated heterocycles. The summed E-state index contributed by atoms with van der Waals surface area (Å²) in [7, 11) is 1.84. The quantitative estimate of drug-likeness (QED) is 0.292. The van der Waals surface area contributed by atoms with Crippen LogP contribution in [-0.4, -0.2) is 42.4 Å². The Morgan fingerprint density at radius 1 is 1.32 bits per heavy atom. The maximum Gasteiger partial charge on any atom is 0.222 e. The van der Waals surface area contributed by atoms with E-state index in [1.165, 1.54) is 19.3 Å². The van der Waals surface area contributed by atoms with Gasteiger partial charge in [-0.3, -0.25) is 10.2 Å². The van der Waals surface area contributed by atoms with Gasteiger partial charge in [0, 0.05) is 26.1 Å². The lowest BCUT2D eigenvalue weighted by molar-refractivity contribution is -0.132. The standard InChI is InChI=1S/C13H25N5O/c1-18-9-11(7-8-12(18)19)16-13(17-14)15-10-5-3-2-4-6-10/h10-11H,2-9,14H2,1H3,(H2,15,16,17). The van der Waals surface area contributed by atoms with Crippen molar-refractivity contribution >= 4 is 11.9 Å². The molecular formula is C13H25N5O. The zero-order valence-corrected chi connectivity index (χ0v) is 11.7. The number of likely N-dealkylation sites (N-methyl/N-ethyl adjacent to an activating group) is 1. The van der Waals surface area contributed by atoms with Crippen molar-refractivity contribution in [1.29, 1.82) is 0 Å². The Morgan fingerprint density at radius 3 is 2.68 bits per heavy atom. The number of nitrogens with one attached hydrogen (secondary N) is 2. The summed E-state index contributed by atoms with van der Waals surface area (Å²) in [5.41, 5.74) is 2.66. The van der Waals surface area contributed by atoms with Gasteiger partial charge in [0.2, 0.25) is 11.9 Å². The summed E-state index contributed by atoms with van der Waals surface area (Å²) in [6.07, 6.45) is 7.57. The van der Waals surface area contributed by atoms with Crippen molar-refractivity contribution in [3.8, 4) is 0 Å². The highest BCUT2D eigenvalue weighted by Crippen LogP contribution is 2.20. The Balaban J connectivity index is 1.87. The summed E-state index contributed by atoms with van der Waals surface area (Å²) < 4.78 is 0. The smallest absolute Gasteiger partial charge is 0.222 e. The second-order valence-corrected chi connectivity index (χ2v) is 5.57. The van der Waals surface area contributed by atoms with Crippen molar-refractivity contribution in [1.82, 2.24) is 15.6 Å². The second-order valence-electron chi connectivity index (χ2n) is 5.57. The first-order chi connectivity index (χ1) is 9.19. The van der Waals surface area contributed by atoms with E-state index in [0.29, 0.717) is 25.0 Å². The summed E-state index contributed by atoms with van der Waals surface area (Å²) >= 11 is 0. The molecule has 0 spiro atoms. The first-order valence-corrected chi connectivity index (χ1v) is 7.24. The zero-order chi connectivity index (χ0) is 13.7. The van der Waals surface area contributed by atoms with Crippen LogP contribution in [0.4, 0.5) is 0 Å². The molecule has 19 heavy (non-hydrogen) atoms. The molecule has 1 aliphatic carbocycles. The van der Waals surface area contributed by atoms with Crippen LogP contribution in [0.5, 0.6) is 0 Å². The Kier molecular flexibility index (Phi) is 5.01. The number of aliphatic imine (C=N–C) groups is 1. The number of hydrogen-bond donors (Lipinski definition) is 3. The third-order valence-corrected chi connectivity index (χ3v) is 3.99. The number of piperidine rings is 1. The molecule has 1 saturated carbocycles. The van der Waals surface area contributed by atoms with Crippen molar-refractivity contribution < 1.29 is 4.79 Å². The van der Waals surface area contributed by atoms with Gasteiger partial charge in [0.15, 0.2) is 0 Å². The van der Waals surface area contributed by atoms with Crippen molar-refractivity contribution in [3.63, 3.8) is 0 Å². The molecular weight excluding hydrogens is 242 g/mol. The fraction of sp³-hybridized carbons (Fsp3) is 0.846. The predicted molar refractivity (Wildman–Crippen MR) is 75.4 cm³/mol. The van der Waals surface area contributed by atoms with E-state index in [4.69, 9.17) is 5.84 Å². The molecule has 1 atom stereocenters.